The first-order valence-electron chi connectivity index (χ1n) is 14.2. The van der Waals surface area contributed by atoms with Crippen molar-refractivity contribution in [3.63, 3.8) is 0 Å². The van der Waals surface area contributed by atoms with E-state index in [0.717, 1.165) is 19.4 Å². The molecule has 7 fully saturated rings. The van der Waals surface area contributed by atoms with E-state index in [0.29, 0.717) is 18.9 Å². The smallest absolute Gasteiger partial charge is 0.198 e. The lowest BCUT2D eigenvalue weighted by atomic mass is 9.48. The fraction of sp³-hybridized carbons (Fsp3) is 1.00. The van der Waals surface area contributed by atoms with Crippen molar-refractivity contribution in [1.29, 1.82) is 0 Å². The molecule has 0 aromatic carbocycles. The molecule has 37 heavy (non-hydrogen) atoms. The number of nitrogens with zero attached hydrogens (tertiary/aromatic N) is 1. The van der Waals surface area contributed by atoms with E-state index in [1.54, 1.807) is 6.92 Å². The van der Waals surface area contributed by atoms with Gasteiger partial charge in [-0.15, -0.1) is 0 Å². The second-order valence-electron chi connectivity index (χ2n) is 14.4. The Bertz CT molecular complexity index is 997. The molecule has 210 valence electrons. The minimum atomic E-state index is -2.10. The highest BCUT2D eigenvalue weighted by molar-refractivity contribution is 5.34. The fourth-order valence-corrected chi connectivity index (χ4v) is 11.4. The Hall–Kier alpha value is -0.400. The zero-order valence-electron chi connectivity index (χ0n) is 21.8. The molecule has 17 atom stereocenters. The van der Waals surface area contributed by atoms with Gasteiger partial charge in [0.25, 0.3) is 0 Å². The maximum atomic E-state index is 12.5. The quantitative estimate of drug-likeness (QED) is 0.179. The molecule has 4 bridgehead atoms. The molecule has 8 N–H and O–H groups in total. The van der Waals surface area contributed by atoms with Gasteiger partial charge in [0, 0.05) is 36.4 Å². The van der Waals surface area contributed by atoms with Crippen LogP contribution in [0.4, 0.5) is 0 Å². The molecule has 0 amide bonds. The number of rotatable bonds is 0. The predicted molar refractivity (Wildman–Crippen MR) is 128 cm³/mol. The monoisotopic (exact) mass is 525 g/mol. The van der Waals surface area contributed by atoms with E-state index in [2.05, 4.69) is 11.8 Å². The predicted octanol–water partition coefficient (Wildman–Crippen LogP) is -1.84. The molecule has 0 unspecified atom stereocenters. The van der Waals surface area contributed by atoms with Crippen LogP contribution in [0.2, 0.25) is 0 Å². The average Bonchev–Trinajstić information content (AvgIpc) is 3.13. The van der Waals surface area contributed by atoms with Crippen LogP contribution in [0.5, 0.6) is 0 Å². The molecule has 3 aliphatic heterocycles. The standard InChI is InChI=1S/C27H43NO9/c1-11-4-5-14-24(3,34)16-12(10-28(14)9-11)13-8-25-21(26(13,35)22(33)17(16)30)19(32)18(31)20-23(25,2)7-6-15(29)27(20,36)37-25/h11-22,29-36H,4-10H2,1-3H3/t11-,12+,13+,14-,15-,16+,17+,18-,19+,20-,21+,22-,23-,24+,25+,26-,27+/m0/s1. The van der Waals surface area contributed by atoms with Crippen LogP contribution in [-0.4, -0.2) is 118 Å². The summed E-state index contributed by atoms with van der Waals surface area (Å²) < 4.78 is 6.42. The number of hydrogen-bond acceptors (Lipinski definition) is 10. The molecule has 7 rings (SSSR count). The molecule has 1 spiro atoms. The van der Waals surface area contributed by atoms with Gasteiger partial charge >= 0.3 is 0 Å². The van der Waals surface area contributed by atoms with E-state index in [4.69, 9.17) is 4.74 Å². The molecule has 4 saturated carbocycles. The summed E-state index contributed by atoms with van der Waals surface area (Å²) in [5.41, 5.74) is -5.58. The van der Waals surface area contributed by atoms with Crippen LogP contribution in [0.25, 0.3) is 0 Å². The van der Waals surface area contributed by atoms with Crippen LogP contribution in [0.15, 0.2) is 0 Å². The first-order valence-corrected chi connectivity index (χ1v) is 14.2. The first-order chi connectivity index (χ1) is 17.2. The maximum absolute atomic E-state index is 12.5. The molecule has 7 aliphatic rings. The van der Waals surface area contributed by atoms with Gasteiger partial charge in [0.15, 0.2) is 5.79 Å². The maximum Gasteiger partial charge on any atom is 0.198 e. The Morgan fingerprint density at radius 2 is 1.51 bits per heavy atom. The summed E-state index contributed by atoms with van der Waals surface area (Å²) in [4.78, 5) is 2.25. The van der Waals surface area contributed by atoms with E-state index in [1.807, 2.05) is 6.92 Å². The molecular formula is C27H43NO9. The number of piperidine rings is 2. The van der Waals surface area contributed by atoms with Crippen LogP contribution >= 0.6 is 0 Å². The summed E-state index contributed by atoms with van der Waals surface area (Å²) in [7, 11) is 0. The van der Waals surface area contributed by atoms with Crippen molar-refractivity contribution in [1.82, 2.24) is 4.90 Å². The van der Waals surface area contributed by atoms with Crippen molar-refractivity contribution in [2.75, 3.05) is 13.1 Å². The minimum Gasteiger partial charge on any atom is -0.390 e. The van der Waals surface area contributed by atoms with Gasteiger partial charge < -0.3 is 45.6 Å². The fourth-order valence-electron chi connectivity index (χ4n) is 11.4. The molecule has 0 aromatic heterocycles. The van der Waals surface area contributed by atoms with Crippen molar-refractivity contribution in [2.45, 2.75) is 112 Å². The van der Waals surface area contributed by atoms with Gasteiger partial charge in [-0.2, -0.15) is 0 Å². The van der Waals surface area contributed by atoms with E-state index >= 15 is 0 Å². The lowest BCUT2D eigenvalue weighted by molar-refractivity contribution is -0.296. The average molecular weight is 526 g/mol. The lowest BCUT2D eigenvalue weighted by Crippen LogP contribution is -2.77. The Kier molecular flexibility index (Phi) is 5.02. The van der Waals surface area contributed by atoms with Crippen molar-refractivity contribution in [2.24, 2.45) is 40.9 Å². The number of hydrogen-bond donors (Lipinski definition) is 8. The molecular weight excluding hydrogens is 482 g/mol. The number of aliphatic hydroxyl groups excluding tert-OH is 5. The van der Waals surface area contributed by atoms with Gasteiger partial charge in [-0.05, 0) is 56.8 Å². The van der Waals surface area contributed by atoms with E-state index < -0.39 is 88.1 Å². The van der Waals surface area contributed by atoms with Gasteiger partial charge in [0.2, 0.25) is 0 Å². The van der Waals surface area contributed by atoms with Crippen LogP contribution in [0, 0.1) is 40.9 Å². The normalized spacial score (nSPS) is 68.5. The topological polar surface area (TPSA) is 174 Å². The minimum absolute atomic E-state index is 0.174. The SMILES string of the molecule is C[C@H]1CC[C@@H]2N(C1)C[C@H]1[C@H]([C@@H](O)[C@H](O)[C@]3(O)[C@@H]1C[C@@]14O[C@@]5(O)[C@@H]([C@@H](O)[C@@H](O)[C@@H]31)[C@]4(C)CC[C@@H]5O)[C@]2(C)O. The van der Waals surface area contributed by atoms with Gasteiger partial charge in [0.05, 0.1) is 35.4 Å². The molecule has 0 radical (unpaired) electrons. The van der Waals surface area contributed by atoms with E-state index in [1.165, 1.54) is 0 Å². The van der Waals surface area contributed by atoms with Crippen molar-refractivity contribution in [3.8, 4) is 0 Å². The van der Waals surface area contributed by atoms with Crippen molar-refractivity contribution >= 4 is 0 Å². The first kappa shape index (κ1) is 25.6. The Morgan fingerprint density at radius 3 is 2.22 bits per heavy atom. The summed E-state index contributed by atoms with van der Waals surface area (Å²) in [6.45, 7) is 7.08. The van der Waals surface area contributed by atoms with Gasteiger partial charge in [0.1, 0.15) is 17.8 Å². The summed E-state index contributed by atoms with van der Waals surface area (Å²) in [6, 6.07) is -0.174. The number of aliphatic hydroxyl groups is 8. The molecule has 10 heteroatoms. The Balaban J connectivity index is 1.39. The molecule has 3 saturated heterocycles. The van der Waals surface area contributed by atoms with Gasteiger partial charge in [-0.3, -0.25) is 4.90 Å². The molecule has 3 heterocycles. The summed E-state index contributed by atoms with van der Waals surface area (Å²) in [5.74, 6) is -5.64. The third-order valence-electron chi connectivity index (χ3n) is 12.9. The number of fused-ring (bicyclic) bond motifs is 5. The molecule has 0 aromatic rings. The molecule has 4 aliphatic carbocycles. The van der Waals surface area contributed by atoms with E-state index in [9.17, 15) is 40.9 Å². The number of ether oxygens (including phenoxy) is 1. The largest absolute Gasteiger partial charge is 0.390 e. The highest BCUT2D eigenvalue weighted by atomic mass is 16.7. The van der Waals surface area contributed by atoms with Crippen molar-refractivity contribution in [3.05, 3.63) is 0 Å². The summed E-state index contributed by atoms with van der Waals surface area (Å²) in [6.07, 6.45) is -4.91. The zero-order chi connectivity index (χ0) is 26.7. The van der Waals surface area contributed by atoms with Gasteiger partial charge in [-0.1, -0.05) is 13.8 Å². The highest BCUT2D eigenvalue weighted by Crippen LogP contribution is 2.76. The molecule has 10 nitrogen and oxygen atoms in total. The third-order valence-corrected chi connectivity index (χ3v) is 12.9. The van der Waals surface area contributed by atoms with Gasteiger partial charge in [-0.25, -0.2) is 0 Å². The van der Waals surface area contributed by atoms with Crippen LogP contribution < -0.4 is 0 Å². The third kappa shape index (κ3) is 2.59. The Labute approximate surface area is 216 Å². The highest BCUT2D eigenvalue weighted by Gasteiger charge is 2.88. The second-order valence-corrected chi connectivity index (χ2v) is 14.4. The Morgan fingerprint density at radius 1 is 0.838 bits per heavy atom. The zero-order valence-corrected chi connectivity index (χ0v) is 21.8. The van der Waals surface area contributed by atoms with Crippen LogP contribution in [0.3, 0.4) is 0 Å². The van der Waals surface area contributed by atoms with E-state index in [-0.39, 0.29) is 18.9 Å². The summed E-state index contributed by atoms with van der Waals surface area (Å²) >= 11 is 0. The van der Waals surface area contributed by atoms with Crippen molar-refractivity contribution < 1.29 is 45.6 Å². The lowest BCUT2D eigenvalue weighted by Gasteiger charge is -2.63. The summed E-state index contributed by atoms with van der Waals surface area (Å²) in [5, 5.41) is 92.8. The van der Waals surface area contributed by atoms with Crippen LogP contribution in [0.1, 0.15) is 52.9 Å². The van der Waals surface area contributed by atoms with Crippen LogP contribution in [-0.2, 0) is 4.74 Å². The second kappa shape index (κ2) is 7.26.